The van der Waals surface area contributed by atoms with Crippen LogP contribution in [0.25, 0.3) is 0 Å². The minimum Gasteiger partial charge on any atom is -0.493 e. The van der Waals surface area contributed by atoms with Gasteiger partial charge in [0.2, 0.25) is 0 Å². The SMILES string of the molecule is C=C/C=C(/CCc1cccc(OC)c1OC)[C@H](CC1=CC=CCCC1)NC. The van der Waals surface area contributed by atoms with E-state index < -0.39 is 0 Å². The van der Waals surface area contributed by atoms with Crippen LogP contribution in [-0.2, 0) is 6.42 Å². The standard InChI is InChI=1S/C24H33NO2/c1-5-11-20(22(25-2)18-19-12-8-6-7-9-13-19)16-17-21-14-10-15-23(26-3)24(21)27-4/h5-6,8,10-12,14-15,22,25H,1,7,9,13,16-18H2,2-4H3/b20-11-/t22-/m0/s1. The topological polar surface area (TPSA) is 30.5 Å². The van der Waals surface area contributed by atoms with Gasteiger partial charge in [-0.25, -0.2) is 0 Å². The highest BCUT2D eigenvalue weighted by Gasteiger charge is 2.16. The van der Waals surface area contributed by atoms with Crippen LogP contribution in [0.5, 0.6) is 11.5 Å². The maximum atomic E-state index is 5.58. The highest BCUT2D eigenvalue weighted by Crippen LogP contribution is 2.32. The van der Waals surface area contributed by atoms with Crippen molar-refractivity contribution in [3.63, 3.8) is 0 Å². The van der Waals surface area contributed by atoms with Crippen molar-refractivity contribution >= 4 is 0 Å². The predicted octanol–water partition coefficient (Wildman–Crippen LogP) is 5.39. The lowest BCUT2D eigenvalue weighted by Gasteiger charge is -2.22. The van der Waals surface area contributed by atoms with Gasteiger partial charge < -0.3 is 14.8 Å². The average molecular weight is 368 g/mol. The summed E-state index contributed by atoms with van der Waals surface area (Å²) < 4.78 is 11.0. The van der Waals surface area contributed by atoms with Gasteiger partial charge in [-0.15, -0.1) is 0 Å². The fourth-order valence-corrected chi connectivity index (χ4v) is 3.64. The number of rotatable bonds is 10. The second-order valence-corrected chi connectivity index (χ2v) is 6.82. The molecule has 0 saturated carbocycles. The number of allylic oxidation sites excluding steroid dienone is 5. The van der Waals surface area contributed by atoms with E-state index in [0.29, 0.717) is 6.04 Å². The molecule has 0 aliphatic heterocycles. The third kappa shape index (κ3) is 6.14. The van der Waals surface area contributed by atoms with Crippen LogP contribution in [0.2, 0.25) is 0 Å². The number of nitrogens with one attached hydrogen (secondary N) is 1. The monoisotopic (exact) mass is 367 g/mol. The molecule has 0 bridgehead atoms. The van der Waals surface area contributed by atoms with Crippen LogP contribution in [0, 0.1) is 0 Å². The maximum absolute atomic E-state index is 5.58. The number of likely N-dealkylation sites (N-methyl/N-ethyl adjacent to an activating group) is 1. The Morgan fingerprint density at radius 1 is 1.30 bits per heavy atom. The molecule has 1 aliphatic carbocycles. The van der Waals surface area contributed by atoms with Crippen molar-refractivity contribution in [2.75, 3.05) is 21.3 Å². The second kappa shape index (κ2) is 11.5. The first-order valence-corrected chi connectivity index (χ1v) is 9.76. The van der Waals surface area contributed by atoms with Crippen LogP contribution >= 0.6 is 0 Å². The molecule has 1 aliphatic rings. The van der Waals surface area contributed by atoms with Crippen molar-refractivity contribution in [3.8, 4) is 11.5 Å². The van der Waals surface area contributed by atoms with Gasteiger partial charge >= 0.3 is 0 Å². The fraction of sp³-hybridized carbons (Fsp3) is 0.417. The lowest BCUT2D eigenvalue weighted by molar-refractivity contribution is 0.351. The van der Waals surface area contributed by atoms with E-state index in [1.54, 1.807) is 14.2 Å². The summed E-state index contributed by atoms with van der Waals surface area (Å²) in [6.07, 6.45) is 17.3. The number of methoxy groups -OCH3 is 2. The first-order valence-electron chi connectivity index (χ1n) is 9.76. The van der Waals surface area contributed by atoms with E-state index in [1.165, 1.54) is 36.0 Å². The van der Waals surface area contributed by atoms with Crippen LogP contribution < -0.4 is 14.8 Å². The fourth-order valence-electron chi connectivity index (χ4n) is 3.64. The molecule has 1 aromatic carbocycles. The summed E-state index contributed by atoms with van der Waals surface area (Å²) in [5.41, 5.74) is 4.04. The predicted molar refractivity (Wildman–Crippen MR) is 115 cm³/mol. The molecule has 0 heterocycles. The van der Waals surface area contributed by atoms with Crippen molar-refractivity contribution in [3.05, 3.63) is 71.9 Å². The molecule has 1 aromatic rings. The molecule has 146 valence electrons. The van der Waals surface area contributed by atoms with Crippen LogP contribution in [0.1, 0.15) is 37.7 Å². The van der Waals surface area contributed by atoms with E-state index in [2.05, 4.69) is 42.3 Å². The molecule has 0 unspecified atom stereocenters. The van der Waals surface area contributed by atoms with Crippen LogP contribution in [0.3, 0.4) is 0 Å². The number of ether oxygens (including phenoxy) is 2. The van der Waals surface area contributed by atoms with E-state index in [4.69, 9.17) is 9.47 Å². The second-order valence-electron chi connectivity index (χ2n) is 6.82. The van der Waals surface area contributed by atoms with Crippen molar-refractivity contribution in [2.24, 2.45) is 0 Å². The van der Waals surface area contributed by atoms with Gasteiger partial charge in [0.25, 0.3) is 0 Å². The summed E-state index contributed by atoms with van der Waals surface area (Å²) in [6.45, 7) is 3.92. The Labute approximate surface area is 164 Å². The van der Waals surface area contributed by atoms with Crippen molar-refractivity contribution < 1.29 is 9.47 Å². The van der Waals surface area contributed by atoms with Gasteiger partial charge in [-0.1, -0.05) is 60.2 Å². The molecular weight excluding hydrogens is 334 g/mol. The highest BCUT2D eigenvalue weighted by atomic mass is 16.5. The van der Waals surface area contributed by atoms with Gasteiger partial charge in [0.15, 0.2) is 11.5 Å². The molecule has 0 saturated heterocycles. The minimum absolute atomic E-state index is 0.317. The molecule has 0 spiro atoms. The molecule has 1 N–H and O–H groups in total. The smallest absolute Gasteiger partial charge is 0.163 e. The summed E-state index contributed by atoms with van der Waals surface area (Å²) in [6, 6.07) is 6.38. The molecule has 0 radical (unpaired) electrons. The number of hydrogen-bond acceptors (Lipinski definition) is 3. The highest BCUT2D eigenvalue weighted by molar-refractivity contribution is 5.47. The number of benzene rings is 1. The first kappa shape index (κ1) is 21.0. The molecule has 0 amide bonds. The third-order valence-corrected chi connectivity index (χ3v) is 5.10. The van der Waals surface area contributed by atoms with Gasteiger partial charge in [0.1, 0.15) is 0 Å². The van der Waals surface area contributed by atoms with Gasteiger partial charge in [-0.3, -0.25) is 0 Å². The number of aryl methyl sites for hydroxylation is 1. The van der Waals surface area contributed by atoms with Crippen LogP contribution in [-0.4, -0.2) is 27.3 Å². The van der Waals surface area contributed by atoms with E-state index in [0.717, 1.165) is 30.8 Å². The molecule has 1 atom stereocenters. The summed E-state index contributed by atoms with van der Waals surface area (Å²) in [4.78, 5) is 0. The lowest BCUT2D eigenvalue weighted by atomic mass is 9.91. The van der Waals surface area contributed by atoms with Crippen molar-refractivity contribution in [2.45, 2.75) is 44.6 Å². The maximum Gasteiger partial charge on any atom is 0.163 e. The molecular formula is C24H33NO2. The Bertz CT molecular complexity index is 700. The first-order chi connectivity index (χ1) is 13.2. The van der Waals surface area contributed by atoms with Gasteiger partial charge in [-0.05, 0) is 57.2 Å². The molecule has 0 aromatic heterocycles. The molecule has 2 rings (SSSR count). The van der Waals surface area contributed by atoms with Crippen LogP contribution in [0.15, 0.2) is 66.3 Å². The zero-order chi connectivity index (χ0) is 19.5. The zero-order valence-electron chi connectivity index (χ0n) is 17.0. The minimum atomic E-state index is 0.317. The quantitative estimate of drug-likeness (QED) is 0.562. The largest absolute Gasteiger partial charge is 0.493 e. The zero-order valence-corrected chi connectivity index (χ0v) is 17.0. The Kier molecular flexibility index (Phi) is 8.93. The Morgan fingerprint density at radius 2 is 2.15 bits per heavy atom. The lowest BCUT2D eigenvalue weighted by Crippen LogP contribution is -2.28. The van der Waals surface area contributed by atoms with E-state index in [9.17, 15) is 0 Å². The molecule has 0 fully saturated rings. The van der Waals surface area contributed by atoms with Crippen LogP contribution in [0.4, 0.5) is 0 Å². The van der Waals surface area contributed by atoms with E-state index in [1.807, 2.05) is 25.3 Å². The third-order valence-electron chi connectivity index (χ3n) is 5.10. The van der Waals surface area contributed by atoms with Gasteiger partial charge in [0.05, 0.1) is 14.2 Å². The van der Waals surface area contributed by atoms with Gasteiger partial charge in [0, 0.05) is 6.04 Å². The molecule has 3 heteroatoms. The number of para-hydroxylation sites is 1. The van der Waals surface area contributed by atoms with Crippen molar-refractivity contribution in [1.29, 1.82) is 0 Å². The Balaban J connectivity index is 2.12. The summed E-state index contributed by atoms with van der Waals surface area (Å²) in [5.74, 6) is 1.61. The Morgan fingerprint density at radius 3 is 2.85 bits per heavy atom. The van der Waals surface area contributed by atoms with E-state index in [-0.39, 0.29) is 0 Å². The Hall–Kier alpha value is -2.26. The number of hydrogen-bond donors (Lipinski definition) is 1. The molecule has 3 nitrogen and oxygen atoms in total. The van der Waals surface area contributed by atoms with Crippen molar-refractivity contribution in [1.82, 2.24) is 5.32 Å². The van der Waals surface area contributed by atoms with E-state index >= 15 is 0 Å². The normalized spacial score (nSPS) is 15.7. The summed E-state index contributed by atoms with van der Waals surface area (Å²) >= 11 is 0. The summed E-state index contributed by atoms with van der Waals surface area (Å²) in [7, 11) is 5.42. The average Bonchev–Trinajstić information content (AvgIpc) is 2.97. The van der Waals surface area contributed by atoms with Gasteiger partial charge in [-0.2, -0.15) is 0 Å². The molecule has 27 heavy (non-hydrogen) atoms. The summed E-state index contributed by atoms with van der Waals surface area (Å²) in [5, 5.41) is 3.51.